The van der Waals surface area contributed by atoms with Crippen molar-refractivity contribution in [3.8, 4) is 5.75 Å². The van der Waals surface area contributed by atoms with Crippen LogP contribution in [0.5, 0.6) is 5.75 Å². The van der Waals surface area contributed by atoms with Gasteiger partial charge < -0.3 is 20.3 Å². The van der Waals surface area contributed by atoms with E-state index in [1.54, 1.807) is 18.3 Å². The van der Waals surface area contributed by atoms with Gasteiger partial charge >= 0.3 is 6.36 Å². The minimum Gasteiger partial charge on any atom is -0.405 e. The summed E-state index contributed by atoms with van der Waals surface area (Å²) in [5.41, 5.74) is 0.477. The smallest absolute Gasteiger partial charge is 0.405 e. The third-order valence-corrected chi connectivity index (χ3v) is 5.49. The van der Waals surface area contributed by atoms with E-state index < -0.39 is 6.36 Å². The molecule has 0 spiro atoms. The molecule has 1 fully saturated rings. The second-order valence-corrected chi connectivity index (χ2v) is 8.42. The highest BCUT2D eigenvalue weighted by atomic mass is 79.9. The van der Waals surface area contributed by atoms with E-state index in [4.69, 9.17) is 0 Å². The summed E-state index contributed by atoms with van der Waals surface area (Å²) >= 11 is 3.19. The summed E-state index contributed by atoms with van der Waals surface area (Å²) in [5.74, 6) is 1.27. The van der Waals surface area contributed by atoms with E-state index in [1.165, 1.54) is 6.07 Å². The molecule has 164 valence electrons. The Bertz CT molecular complexity index is 841. The maximum absolute atomic E-state index is 12.7. The van der Waals surface area contributed by atoms with Crippen LogP contribution in [0.25, 0.3) is 0 Å². The molecule has 1 aliphatic carbocycles. The number of halogens is 4. The predicted molar refractivity (Wildman–Crippen MR) is 114 cm³/mol. The molecule has 3 rings (SSSR count). The molecule has 1 heterocycles. The van der Waals surface area contributed by atoms with Crippen molar-refractivity contribution in [1.29, 1.82) is 0 Å². The molecule has 0 radical (unpaired) electrons. The number of nitrogens with zero attached hydrogens (tertiary/aromatic N) is 3. The summed E-state index contributed by atoms with van der Waals surface area (Å²) in [4.78, 5) is 10.7. The minimum absolute atomic E-state index is 0.183. The molecule has 0 amide bonds. The lowest BCUT2D eigenvalue weighted by Crippen LogP contribution is -2.37. The quantitative estimate of drug-likeness (QED) is 0.589. The zero-order chi connectivity index (χ0) is 21.7. The maximum Gasteiger partial charge on any atom is 0.573 e. The molecule has 0 aliphatic heterocycles. The summed E-state index contributed by atoms with van der Waals surface area (Å²) in [7, 11) is 3.86. The van der Waals surface area contributed by atoms with Gasteiger partial charge in [0.2, 0.25) is 5.95 Å². The third kappa shape index (κ3) is 6.73. The Morgan fingerprint density at radius 3 is 2.50 bits per heavy atom. The zero-order valence-corrected chi connectivity index (χ0v) is 18.4. The van der Waals surface area contributed by atoms with Crippen LogP contribution in [0.3, 0.4) is 0 Å². The van der Waals surface area contributed by atoms with Gasteiger partial charge in [-0.2, -0.15) is 4.98 Å². The van der Waals surface area contributed by atoms with E-state index in [1.807, 2.05) is 25.1 Å². The highest BCUT2D eigenvalue weighted by molar-refractivity contribution is 9.10. The van der Waals surface area contributed by atoms with Gasteiger partial charge in [-0.3, -0.25) is 0 Å². The Balaban J connectivity index is 1.50. The van der Waals surface area contributed by atoms with E-state index in [0.717, 1.165) is 31.5 Å². The largest absolute Gasteiger partial charge is 0.573 e. The van der Waals surface area contributed by atoms with Gasteiger partial charge in [0.05, 0.1) is 0 Å². The van der Waals surface area contributed by atoms with Crippen LogP contribution in [0.2, 0.25) is 0 Å². The lowest BCUT2D eigenvalue weighted by atomic mass is 9.91. The van der Waals surface area contributed by atoms with E-state index in [2.05, 4.69) is 41.3 Å². The SMILES string of the molecule is CN(C)c1ccnc(NC2CCC(NCc3ccc(Br)cc3OC(F)(F)F)CC2)n1. The number of rotatable bonds is 7. The lowest BCUT2D eigenvalue weighted by Gasteiger charge is -2.30. The van der Waals surface area contributed by atoms with Gasteiger partial charge in [-0.15, -0.1) is 13.2 Å². The Morgan fingerprint density at radius 2 is 1.83 bits per heavy atom. The summed E-state index contributed by atoms with van der Waals surface area (Å²) < 4.78 is 42.7. The first-order valence-corrected chi connectivity index (χ1v) is 10.5. The van der Waals surface area contributed by atoms with E-state index in [9.17, 15) is 13.2 Å². The standard InChI is InChI=1S/C20H25BrF3N5O/c1-29(2)18-9-10-25-19(28-18)27-16-7-5-15(6-8-16)26-12-13-3-4-14(21)11-17(13)30-20(22,23)24/h3-4,9-11,15-16,26H,5-8,12H2,1-2H3,(H,25,27,28). The van der Waals surface area contributed by atoms with Gasteiger partial charge in [-0.1, -0.05) is 22.0 Å². The number of benzene rings is 1. The highest BCUT2D eigenvalue weighted by Crippen LogP contribution is 2.30. The van der Waals surface area contributed by atoms with E-state index >= 15 is 0 Å². The topological polar surface area (TPSA) is 62.3 Å². The van der Waals surface area contributed by atoms with Crippen LogP contribution in [-0.2, 0) is 6.54 Å². The fourth-order valence-corrected chi connectivity index (χ4v) is 3.78. The van der Waals surface area contributed by atoms with Crippen LogP contribution >= 0.6 is 15.9 Å². The lowest BCUT2D eigenvalue weighted by molar-refractivity contribution is -0.274. The van der Waals surface area contributed by atoms with Crippen molar-refractivity contribution in [3.05, 3.63) is 40.5 Å². The first-order valence-electron chi connectivity index (χ1n) is 9.74. The van der Waals surface area contributed by atoms with Crippen LogP contribution in [0, 0.1) is 0 Å². The third-order valence-electron chi connectivity index (χ3n) is 5.00. The second kappa shape index (κ2) is 9.82. The second-order valence-electron chi connectivity index (χ2n) is 7.51. The number of hydrogen-bond donors (Lipinski definition) is 2. The van der Waals surface area contributed by atoms with Crippen LogP contribution in [0.15, 0.2) is 34.9 Å². The van der Waals surface area contributed by atoms with Crippen molar-refractivity contribution in [1.82, 2.24) is 15.3 Å². The normalized spacial score (nSPS) is 19.4. The van der Waals surface area contributed by atoms with E-state index in [0.29, 0.717) is 22.5 Å². The molecule has 0 atom stereocenters. The van der Waals surface area contributed by atoms with E-state index in [-0.39, 0.29) is 17.8 Å². The van der Waals surface area contributed by atoms with Crippen LogP contribution < -0.4 is 20.3 Å². The zero-order valence-electron chi connectivity index (χ0n) is 16.8. The number of anilines is 2. The predicted octanol–water partition coefficient (Wildman–Crippen LogP) is 4.72. The fraction of sp³-hybridized carbons (Fsp3) is 0.500. The molecule has 0 bridgehead atoms. The van der Waals surface area contributed by atoms with Crippen molar-refractivity contribution < 1.29 is 17.9 Å². The summed E-state index contributed by atoms with van der Waals surface area (Å²) in [5, 5.41) is 6.75. The average molecular weight is 488 g/mol. The number of ether oxygens (including phenoxy) is 1. The first kappa shape index (κ1) is 22.6. The molecule has 6 nitrogen and oxygen atoms in total. The molecule has 0 saturated heterocycles. The number of alkyl halides is 3. The van der Waals surface area contributed by atoms with Gasteiger partial charge in [0.1, 0.15) is 11.6 Å². The maximum atomic E-state index is 12.7. The van der Waals surface area contributed by atoms with Crippen LogP contribution in [-0.4, -0.2) is 42.5 Å². The summed E-state index contributed by atoms with van der Waals surface area (Å²) in [6.45, 7) is 0.315. The Morgan fingerprint density at radius 1 is 1.13 bits per heavy atom. The Labute approximate surface area is 182 Å². The van der Waals surface area contributed by atoms with Gasteiger partial charge in [0.25, 0.3) is 0 Å². The average Bonchev–Trinajstić information content (AvgIpc) is 2.67. The highest BCUT2D eigenvalue weighted by Gasteiger charge is 2.32. The van der Waals surface area contributed by atoms with Gasteiger partial charge in [-0.25, -0.2) is 4.98 Å². The molecular formula is C20H25BrF3N5O. The van der Waals surface area contributed by atoms with Crippen molar-refractivity contribution >= 4 is 27.7 Å². The van der Waals surface area contributed by atoms with Crippen molar-refractivity contribution in [2.24, 2.45) is 0 Å². The molecule has 10 heteroatoms. The van der Waals surface area contributed by atoms with Gasteiger partial charge in [0, 0.05) is 49.0 Å². The number of aromatic nitrogens is 2. The Hall–Kier alpha value is -2.07. The van der Waals surface area contributed by atoms with Gasteiger partial charge in [0.15, 0.2) is 0 Å². The molecular weight excluding hydrogens is 463 g/mol. The van der Waals surface area contributed by atoms with Crippen molar-refractivity contribution in [2.75, 3.05) is 24.3 Å². The van der Waals surface area contributed by atoms with Gasteiger partial charge in [-0.05, 0) is 43.9 Å². The molecule has 1 aliphatic rings. The molecule has 2 N–H and O–H groups in total. The number of nitrogens with one attached hydrogen (secondary N) is 2. The van der Waals surface area contributed by atoms with Crippen molar-refractivity contribution in [2.45, 2.75) is 50.7 Å². The number of hydrogen-bond acceptors (Lipinski definition) is 6. The van der Waals surface area contributed by atoms with Crippen molar-refractivity contribution in [3.63, 3.8) is 0 Å². The molecule has 0 unspecified atom stereocenters. The molecule has 1 saturated carbocycles. The molecule has 1 aromatic carbocycles. The summed E-state index contributed by atoms with van der Waals surface area (Å²) in [6.07, 6.45) is 0.703. The van der Waals surface area contributed by atoms with Crippen LogP contribution in [0.1, 0.15) is 31.2 Å². The molecule has 2 aromatic rings. The Kier molecular flexibility index (Phi) is 7.41. The summed E-state index contributed by atoms with van der Waals surface area (Å²) in [6, 6.07) is 7.05. The fourth-order valence-electron chi connectivity index (χ4n) is 3.44. The minimum atomic E-state index is -4.72. The first-order chi connectivity index (χ1) is 14.2. The molecule has 30 heavy (non-hydrogen) atoms. The monoisotopic (exact) mass is 487 g/mol. The van der Waals surface area contributed by atoms with Crippen LogP contribution in [0.4, 0.5) is 24.9 Å². The molecule has 1 aromatic heterocycles.